The molecule has 0 fully saturated rings. The van der Waals surface area contributed by atoms with Crippen LogP contribution in [-0.4, -0.2) is 24.5 Å². The predicted octanol–water partition coefficient (Wildman–Crippen LogP) is 2.93. The van der Waals surface area contributed by atoms with E-state index in [9.17, 15) is 17.8 Å². The minimum atomic E-state index is -4.64. The second kappa shape index (κ2) is 6.27. The molecular weight excluding hydrogens is 340 g/mol. The van der Waals surface area contributed by atoms with Crippen LogP contribution in [0.2, 0.25) is 0 Å². The summed E-state index contributed by atoms with van der Waals surface area (Å²) in [5.74, 6) is -0.849. The van der Waals surface area contributed by atoms with Gasteiger partial charge in [0.2, 0.25) is 5.78 Å². The van der Waals surface area contributed by atoms with Gasteiger partial charge in [0.05, 0.1) is 5.69 Å². The van der Waals surface area contributed by atoms with Crippen molar-refractivity contribution >= 4 is 33.4 Å². The maximum atomic E-state index is 12.5. The fourth-order valence-electron chi connectivity index (χ4n) is 2.64. The third-order valence-corrected chi connectivity index (χ3v) is 4.75. The van der Waals surface area contributed by atoms with Crippen LogP contribution in [0, 0.1) is 13.8 Å². The molecule has 0 saturated heterocycles. The number of carbonyl (C=O) groups excluding carboxylic acids is 1. The van der Waals surface area contributed by atoms with Crippen LogP contribution in [0.25, 0.3) is 6.08 Å². The Hall–Kier alpha value is -2.77. The van der Waals surface area contributed by atoms with Crippen molar-refractivity contribution < 1.29 is 17.8 Å². The Labute approximate surface area is 145 Å². The van der Waals surface area contributed by atoms with E-state index >= 15 is 0 Å². The van der Waals surface area contributed by atoms with Gasteiger partial charge >= 0.3 is 0 Å². The highest BCUT2D eigenvalue weighted by molar-refractivity contribution is 7.91. The van der Waals surface area contributed by atoms with Crippen molar-refractivity contribution in [2.24, 2.45) is 5.10 Å². The van der Waals surface area contributed by atoms with Crippen LogP contribution in [0.3, 0.4) is 0 Å². The van der Waals surface area contributed by atoms with Crippen LogP contribution in [0.15, 0.2) is 52.5 Å². The Morgan fingerprint density at radius 2 is 1.80 bits per heavy atom. The van der Waals surface area contributed by atoms with Crippen LogP contribution in [0.4, 0.5) is 5.69 Å². The molecule has 1 aliphatic carbocycles. The Morgan fingerprint density at radius 1 is 1.08 bits per heavy atom. The van der Waals surface area contributed by atoms with E-state index in [1.807, 2.05) is 32.0 Å². The molecule has 0 bridgehead atoms. The van der Waals surface area contributed by atoms with Gasteiger partial charge in [-0.1, -0.05) is 42.0 Å². The second-order valence-corrected chi connectivity index (χ2v) is 7.18. The minimum Gasteiger partial charge on any atom is -0.286 e. The molecule has 0 spiro atoms. The minimum absolute atomic E-state index is 0.0642. The van der Waals surface area contributed by atoms with Crippen molar-refractivity contribution in [2.75, 3.05) is 5.43 Å². The molecule has 0 radical (unpaired) electrons. The average molecular weight is 356 g/mol. The molecule has 25 heavy (non-hydrogen) atoms. The lowest BCUT2D eigenvalue weighted by Crippen LogP contribution is -2.27. The summed E-state index contributed by atoms with van der Waals surface area (Å²) in [6.07, 6.45) is 1.16. The largest absolute Gasteiger partial charge is 0.298 e. The van der Waals surface area contributed by atoms with E-state index in [4.69, 9.17) is 0 Å². The fourth-order valence-corrected chi connectivity index (χ4v) is 3.25. The summed E-state index contributed by atoms with van der Waals surface area (Å²) in [7, 11) is -4.64. The van der Waals surface area contributed by atoms with Gasteiger partial charge in [-0.2, -0.15) is 13.5 Å². The number of allylic oxidation sites excluding steroid dienone is 1. The number of anilines is 1. The van der Waals surface area contributed by atoms with E-state index < -0.39 is 20.8 Å². The van der Waals surface area contributed by atoms with Gasteiger partial charge in [-0.3, -0.25) is 14.8 Å². The van der Waals surface area contributed by atoms with Crippen LogP contribution in [0.1, 0.15) is 22.3 Å². The van der Waals surface area contributed by atoms with Crippen LogP contribution >= 0.6 is 0 Å². The lowest BCUT2D eigenvalue weighted by atomic mass is 9.94. The van der Waals surface area contributed by atoms with Gasteiger partial charge in [0, 0.05) is 5.56 Å². The topological polar surface area (TPSA) is 95.8 Å². The smallest absolute Gasteiger partial charge is 0.286 e. The normalized spacial score (nSPS) is 15.7. The number of fused-ring (bicyclic) bond motifs is 1. The number of rotatable bonds is 3. The van der Waals surface area contributed by atoms with Crippen molar-refractivity contribution in [3.8, 4) is 0 Å². The fraction of sp³-hybridized carbons (Fsp3) is 0.111. The molecule has 0 atom stereocenters. The molecule has 7 heteroatoms. The number of nitrogens with zero attached hydrogens (tertiary/aromatic N) is 1. The van der Waals surface area contributed by atoms with Gasteiger partial charge in [-0.25, -0.2) is 0 Å². The molecule has 0 heterocycles. The Balaban J connectivity index is 2.08. The Morgan fingerprint density at radius 3 is 2.48 bits per heavy atom. The summed E-state index contributed by atoms with van der Waals surface area (Å²) in [6.45, 7) is 3.86. The van der Waals surface area contributed by atoms with Gasteiger partial charge in [0.15, 0.2) is 0 Å². The highest BCUT2D eigenvalue weighted by Crippen LogP contribution is 2.25. The quantitative estimate of drug-likeness (QED) is 0.651. The zero-order chi connectivity index (χ0) is 18.2. The number of Topliss-reactive ketones (excluding diaryl/α,β-unsaturated/α-hetero) is 1. The number of nitrogens with one attached hydrogen (secondary N) is 1. The van der Waals surface area contributed by atoms with E-state index in [2.05, 4.69) is 10.5 Å². The second-order valence-electron chi connectivity index (χ2n) is 5.79. The number of benzene rings is 2. The van der Waals surface area contributed by atoms with Crippen LogP contribution in [0.5, 0.6) is 0 Å². The standard InChI is InChI=1S/C18H16N2O4S/c1-11-7-8-15(12(2)9-11)19-20-17-14-6-4-3-5-13(14)10-16(18(17)21)25(22,23)24/h3-10,19H,1-2H3,(H,22,23,24)/b20-17-. The first-order valence-corrected chi connectivity index (χ1v) is 8.95. The van der Waals surface area contributed by atoms with Crippen molar-refractivity contribution in [1.29, 1.82) is 0 Å². The lowest BCUT2D eigenvalue weighted by molar-refractivity contribution is -0.109. The van der Waals surface area contributed by atoms with Crippen molar-refractivity contribution in [1.82, 2.24) is 0 Å². The molecule has 0 saturated carbocycles. The molecule has 2 aromatic rings. The summed E-state index contributed by atoms with van der Waals surface area (Å²) in [6, 6.07) is 12.4. The number of ketones is 1. The Kier molecular flexibility index (Phi) is 4.28. The lowest BCUT2D eigenvalue weighted by Gasteiger charge is -2.16. The highest BCUT2D eigenvalue weighted by Gasteiger charge is 2.32. The van der Waals surface area contributed by atoms with Gasteiger partial charge in [-0.05, 0) is 37.1 Å². The SMILES string of the molecule is Cc1ccc(N/N=C2\C(=O)C(S(=O)(=O)O)=Cc3ccccc32)c(C)c1. The zero-order valence-electron chi connectivity index (χ0n) is 13.6. The average Bonchev–Trinajstić information content (AvgIpc) is 2.54. The zero-order valence-corrected chi connectivity index (χ0v) is 14.5. The molecule has 0 unspecified atom stereocenters. The van der Waals surface area contributed by atoms with Gasteiger partial charge < -0.3 is 0 Å². The first-order chi connectivity index (χ1) is 11.8. The van der Waals surface area contributed by atoms with Crippen LogP contribution in [-0.2, 0) is 14.9 Å². The van der Waals surface area contributed by atoms with Gasteiger partial charge in [0.1, 0.15) is 10.6 Å². The molecule has 6 nitrogen and oxygen atoms in total. The number of carbonyl (C=O) groups is 1. The summed E-state index contributed by atoms with van der Waals surface area (Å²) in [5.41, 5.74) is 6.47. The summed E-state index contributed by atoms with van der Waals surface area (Å²) < 4.78 is 32.3. The van der Waals surface area contributed by atoms with E-state index in [1.54, 1.807) is 24.3 Å². The van der Waals surface area contributed by atoms with Crippen molar-refractivity contribution in [3.05, 3.63) is 69.6 Å². The molecule has 0 aromatic heterocycles. The first kappa shape index (κ1) is 17.1. The van der Waals surface area contributed by atoms with E-state index in [0.29, 0.717) is 16.8 Å². The number of hydrogen-bond donors (Lipinski definition) is 2. The summed E-state index contributed by atoms with van der Waals surface area (Å²) in [5, 5.41) is 4.13. The number of aryl methyl sites for hydroxylation is 2. The Bertz CT molecular complexity index is 1040. The molecule has 0 amide bonds. The summed E-state index contributed by atoms with van der Waals surface area (Å²) >= 11 is 0. The van der Waals surface area contributed by atoms with Crippen LogP contribution < -0.4 is 5.43 Å². The molecule has 2 N–H and O–H groups in total. The molecule has 2 aromatic carbocycles. The first-order valence-electron chi connectivity index (χ1n) is 7.51. The molecular formula is C18H16N2O4S. The van der Waals surface area contributed by atoms with E-state index in [-0.39, 0.29) is 5.71 Å². The third-order valence-electron chi connectivity index (χ3n) is 3.89. The maximum absolute atomic E-state index is 12.5. The molecule has 3 rings (SSSR count). The van der Waals surface area contributed by atoms with Gasteiger partial charge in [0.25, 0.3) is 10.1 Å². The highest BCUT2D eigenvalue weighted by atomic mass is 32.2. The van der Waals surface area contributed by atoms with E-state index in [1.165, 1.54) is 0 Å². The van der Waals surface area contributed by atoms with Gasteiger partial charge in [-0.15, -0.1) is 0 Å². The monoisotopic (exact) mass is 356 g/mol. The number of hydrogen-bond acceptors (Lipinski definition) is 5. The molecule has 1 aliphatic rings. The van der Waals surface area contributed by atoms with Crippen molar-refractivity contribution in [2.45, 2.75) is 13.8 Å². The molecule has 0 aliphatic heterocycles. The third kappa shape index (κ3) is 3.38. The van der Waals surface area contributed by atoms with E-state index in [0.717, 1.165) is 17.2 Å². The maximum Gasteiger partial charge on any atom is 0.298 e. The predicted molar refractivity (Wildman–Crippen MR) is 97.1 cm³/mol. The van der Waals surface area contributed by atoms with Crippen molar-refractivity contribution in [3.63, 3.8) is 0 Å². The molecule has 128 valence electrons. The number of hydrazone groups is 1. The summed E-state index contributed by atoms with van der Waals surface area (Å²) in [4.78, 5) is 11.8.